The van der Waals surface area contributed by atoms with Gasteiger partial charge in [-0.05, 0) is 49.3 Å². The van der Waals surface area contributed by atoms with Crippen LogP contribution in [0.5, 0.6) is 0 Å². The van der Waals surface area contributed by atoms with Gasteiger partial charge in [0.2, 0.25) is 0 Å². The standard InChI is InChI=1S/C14H21N/c1-11-6-2-4-8-13(11)14-9-5-3-7-12(14)10-15/h2,4,6,8,12,14H,3,5,7,9-10,15H2,1H3. The van der Waals surface area contributed by atoms with Gasteiger partial charge in [0.1, 0.15) is 0 Å². The van der Waals surface area contributed by atoms with E-state index in [1.54, 1.807) is 0 Å². The van der Waals surface area contributed by atoms with Crippen LogP contribution in [0.15, 0.2) is 24.3 Å². The number of aryl methyl sites for hydroxylation is 1. The third-order valence-electron chi connectivity index (χ3n) is 3.80. The van der Waals surface area contributed by atoms with Crippen molar-refractivity contribution in [3.63, 3.8) is 0 Å². The second-order valence-corrected chi connectivity index (χ2v) is 4.74. The van der Waals surface area contributed by atoms with Crippen LogP contribution in [-0.4, -0.2) is 6.54 Å². The first-order valence-corrected chi connectivity index (χ1v) is 6.08. The summed E-state index contributed by atoms with van der Waals surface area (Å²) in [5, 5.41) is 0. The van der Waals surface area contributed by atoms with Gasteiger partial charge in [0, 0.05) is 0 Å². The highest BCUT2D eigenvalue weighted by Gasteiger charge is 2.25. The highest BCUT2D eigenvalue weighted by atomic mass is 14.6. The van der Waals surface area contributed by atoms with Gasteiger partial charge < -0.3 is 5.73 Å². The second kappa shape index (κ2) is 4.80. The van der Waals surface area contributed by atoms with E-state index in [1.807, 2.05) is 0 Å². The first-order chi connectivity index (χ1) is 7.33. The van der Waals surface area contributed by atoms with E-state index in [0.717, 1.165) is 6.54 Å². The molecule has 1 saturated carbocycles. The predicted octanol–water partition coefficient (Wildman–Crippen LogP) is 3.23. The second-order valence-electron chi connectivity index (χ2n) is 4.74. The third-order valence-corrected chi connectivity index (χ3v) is 3.80. The molecule has 2 N–H and O–H groups in total. The van der Waals surface area contributed by atoms with Gasteiger partial charge in [0.15, 0.2) is 0 Å². The quantitative estimate of drug-likeness (QED) is 0.784. The first-order valence-electron chi connectivity index (χ1n) is 6.08. The highest BCUT2D eigenvalue weighted by molar-refractivity contribution is 5.30. The molecular formula is C14H21N. The van der Waals surface area contributed by atoms with Crippen molar-refractivity contribution in [1.29, 1.82) is 0 Å². The monoisotopic (exact) mass is 203 g/mol. The number of benzene rings is 1. The molecule has 15 heavy (non-hydrogen) atoms. The molecule has 0 amide bonds. The largest absolute Gasteiger partial charge is 0.330 e. The fourth-order valence-electron chi connectivity index (χ4n) is 2.90. The van der Waals surface area contributed by atoms with Crippen LogP contribution < -0.4 is 5.73 Å². The summed E-state index contributed by atoms with van der Waals surface area (Å²) in [6.45, 7) is 3.07. The minimum absolute atomic E-state index is 0.708. The number of nitrogens with two attached hydrogens (primary N) is 1. The van der Waals surface area contributed by atoms with Crippen LogP contribution in [-0.2, 0) is 0 Å². The molecule has 0 radical (unpaired) electrons. The third kappa shape index (κ3) is 2.23. The molecule has 1 aliphatic carbocycles. The van der Waals surface area contributed by atoms with E-state index in [-0.39, 0.29) is 0 Å². The zero-order valence-corrected chi connectivity index (χ0v) is 9.58. The Kier molecular flexibility index (Phi) is 3.42. The number of hydrogen-bond acceptors (Lipinski definition) is 1. The summed E-state index contributed by atoms with van der Waals surface area (Å²) in [4.78, 5) is 0. The molecule has 0 bridgehead atoms. The van der Waals surface area contributed by atoms with Crippen LogP contribution in [0.1, 0.15) is 42.7 Å². The molecule has 0 spiro atoms. The molecule has 82 valence electrons. The summed E-state index contributed by atoms with van der Waals surface area (Å²) in [5.74, 6) is 1.42. The molecule has 0 saturated heterocycles. The maximum atomic E-state index is 5.88. The Labute approximate surface area is 92.7 Å². The van der Waals surface area contributed by atoms with E-state index in [1.165, 1.54) is 36.8 Å². The van der Waals surface area contributed by atoms with E-state index < -0.39 is 0 Å². The Morgan fingerprint density at radius 1 is 1.20 bits per heavy atom. The molecule has 1 nitrogen and oxygen atoms in total. The summed E-state index contributed by atoms with van der Waals surface area (Å²) in [6, 6.07) is 8.79. The minimum Gasteiger partial charge on any atom is -0.330 e. The highest BCUT2D eigenvalue weighted by Crippen LogP contribution is 2.38. The molecule has 0 heterocycles. The Balaban J connectivity index is 2.24. The van der Waals surface area contributed by atoms with Gasteiger partial charge >= 0.3 is 0 Å². The van der Waals surface area contributed by atoms with Crippen molar-refractivity contribution >= 4 is 0 Å². The van der Waals surface area contributed by atoms with Gasteiger partial charge in [-0.15, -0.1) is 0 Å². The van der Waals surface area contributed by atoms with Gasteiger partial charge in [0.25, 0.3) is 0 Å². The van der Waals surface area contributed by atoms with E-state index in [0.29, 0.717) is 11.8 Å². The summed E-state index contributed by atoms with van der Waals surface area (Å²) in [7, 11) is 0. The summed E-state index contributed by atoms with van der Waals surface area (Å²) >= 11 is 0. The van der Waals surface area contributed by atoms with Crippen molar-refractivity contribution in [3.05, 3.63) is 35.4 Å². The molecule has 2 rings (SSSR count). The fraction of sp³-hybridized carbons (Fsp3) is 0.571. The molecule has 1 heteroatoms. The van der Waals surface area contributed by atoms with Crippen LogP contribution in [0.25, 0.3) is 0 Å². The summed E-state index contributed by atoms with van der Waals surface area (Å²) < 4.78 is 0. The topological polar surface area (TPSA) is 26.0 Å². The maximum absolute atomic E-state index is 5.88. The van der Waals surface area contributed by atoms with Gasteiger partial charge in [0.05, 0.1) is 0 Å². The van der Waals surface area contributed by atoms with Gasteiger partial charge in [-0.1, -0.05) is 37.1 Å². The van der Waals surface area contributed by atoms with E-state index >= 15 is 0 Å². The van der Waals surface area contributed by atoms with Crippen molar-refractivity contribution in [2.24, 2.45) is 11.7 Å². The lowest BCUT2D eigenvalue weighted by Crippen LogP contribution is -2.25. The average Bonchev–Trinajstić information content (AvgIpc) is 2.30. The Bertz CT molecular complexity index is 319. The van der Waals surface area contributed by atoms with Gasteiger partial charge in [-0.3, -0.25) is 0 Å². The molecule has 2 atom stereocenters. The fourth-order valence-corrected chi connectivity index (χ4v) is 2.90. The van der Waals surface area contributed by atoms with Crippen LogP contribution in [0, 0.1) is 12.8 Å². The zero-order chi connectivity index (χ0) is 10.7. The number of rotatable bonds is 2. The molecule has 2 unspecified atom stereocenters. The van der Waals surface area contributed by atoms with Crippen molar-refractivity contribution < 1.29 is 0 Å². The predicted molar refractivity (Wildman–Crippen MR) is 64.9 cm³/mol. The van der Waals surface area contributed by atoms with Crippen LogP contribution in [0.3, 0.4) is 0 Å². The zero-order valence-electron chi connectivity index (χ0n) is 9.58. The lowest BCUT2D eigenvalue weighted by atomic mass is 9.74. The number of hydrogen-bond donors (Lipinski definition) is 1. The van der Waals surface area contributed by atoms with Crippen molar-refractivity contribution in [2.45, 2.75) is 38.5 Å². The maximum Gasteiger partial charge on any atom is -0.00430 e. The molecule has 0 aromatic heterocycles. The van der Waals surface area contributed by atoms with Crippen molar-refractivity contribution in [3.8, 4) is 0 Å². The lowest BCUT2D eigenvalue weighted by Gasteiger charge is -2.32. The van der Waals surface area contributed by atoms with Crippen LogP contribution in [0.4, 0.5) is 0 Å². The molecular weight excluding hydrogens is 182 g/mol. The molecule has 1 aliphatic rings. The molecule has 1 aromatic rings. The lowest BCUT2D eigenvalue weighted by molar-refractivity contribution is 0.313. The Morgan fingerprint density at radius 3 is 2.67 bits per heavy atom. The smallest absolute Gasteiger partial charge is 0.00430 e. The molecule has 1 fully saturated rings. The summed E-state index contributed by atoms with van der Waals surface area (Å²) in [6.07, 6.45) is 5.38. The Hall–Kier alpha value is -0.820. The van der Waals surface area contributed by atoms with E-state index in [2.05, 4.69) is 31.2 Å². The first kappa shape index (κ1) is 10.7. The van der Waals surface area contributed by atoms with Crippen molar-refractivity contribution in [1.82, 2.24) is 0 Å². The normalized spacial score (nSPS) is 26.5. The minimum atomic E-state index is 0.708. The van der Waals surface area contributed by atoms with E-state index in [4.69, 9.17) is 5.73 Å². The van der Waals surface area contributed by atoms with Crippen LogP contribution in [0.2, 0.25) is 0 Å². The van der Waals surface area contributed by atoms with Crippen molar-refractivity contribution in [2.75, 3.05) is 6.54 Å². The molecule has 0 aliphatic heterocycles. The summed E-state index contributed by atoms with van der Waals surface area (Å²) in [5.41, 5.74) is 8.85. The molecule has 1 aromatic carbocycles. The van der Waals surface area contributed by atoms with Gasteiger partial charge in [-0.25, -0.2) is 0 Å². The van der Waals surface area contributed by atoms with Crippen LogP contribution >= 0.6 is 0 Å². The average molecular weight is 203 g/mol. The Morgan fingerprint density at radius 2 is 1.93 bits per heavy atom. The van der Waals surface area contributed by atoms with Gasteiger partial charge in [-0.2, -0.15) is 0 Å². The SMILES string of the molecule is Cc1ccccc1C1CCCCC1CN. The van der Waals surface area contributed by atoms with E-state index in [9.17, 15) is 0 Å².